The fourth-order valence-corrected chi connectivity index (χ4v) is 1.70. The third-order valence-corrected chi connectivity index (χ3v) is 2.90. The van der Waals surface area contributed by atoms with Crippen molar-refractivity contribution in [2.24, 2.45) is 10.7 Å². The van der Waals surface area contributed by atoms with E-state index in [1.165, 1.54) is 0 Å². The Morgan fingerprint density at radius 1 is 1.22 bits per heavy atom. The molecule has 1 aromatic rings. The predicted molar refractivity (Wildman–Crippen MR) is 62.7 cm³/mol. The van der Waals surface area contributed by atoms with Gasteiger partial charge in [-0.1, -0.05) is 0 Å². The van der Waals surface area contributed by atoms with Crippen LogP contribution in [0.3, 0.4) is 0 Å². The van der Waals surface area contributed by atoms with Crippen LogP contribution in [0.5, 0.6) is 0 Å². The van der Waals surface area contributed by atoms with E-state index >= 15 is 0 Å². The van der Waals surface area contributed by atoms with Crippen LogP contribution >= 0.6 is 0 Å². The maximum Gasteiger partial charge on any atom is 0.194 e. The topological polar surface area (TPSA) is 41.6 Å². The zero-order valence-electron chi connectivity index (χ0n) is 9.80. The fourth-order valence-electron chi connectivity index (χ4n) is 1.70. The maximum absolute atomic E-state index is 12.9. The molecule has 0 spiro atoms. The third-order valence-electron chi connectivity index (χ3n) is 2.90. The molecule has 18 heavy (non-hydrogen) atoms. The molecule has 0 atom stereocenters. The van der Waals surface area contributed by atoms with Gasteiger partial charge in [-0.25, -0.2) is 13.2 Å². The van der Waals surface area contributed by atoms with Crippen LogP contribution < -0.4 is 5.73 Å². The number of likely N-dealkylation sites (tertiary alicyclic amines) is 1. The minimum atomic E-state index is -1.44. The van der Waals surface area contributed by atoms with Crippen LogP contribution in [0.15, 0.2) is 17.1 Å². The van der Waals surface area contributed by atoms with E-state index in [9.17, 15) is 13.2 Å². The van der Waals surface area contributed by atoms with E-state index in [1.807, 2.05) is 4.90 Å². The summed E-state index contributed by atoms with van der Waals surface area (Å²) in [4.78, 5) is 6.03. The largest absolute Gasteiger partial charge is 0.370 e. The van der Waals surface area contributed by atoms with E-state index in [-0.39, 0.29) is 0 Å². The van der Waals surface area contributed by atoms with Crippen molar-refractivity contribution in [2.45, 2.75) is 12.8 Å². The highest BCUT2D eigenvalue weighted by Crippen LogP contribution is 2.14. The molecular weight excluding hydrogens is 243 g/mol. The normalized spacial score (nSPS) is 15.7. The first-order valence-electron chi connectivity index (χ1n) is 5.76. The van der Waals surface area contributed by atoms with Crippen molar-refractivity contribution in [3.05, 3.63) is 35.1 Å². The van der Waals surface area contributed by atoms with E-state index in [0.29, 0.717) is 24.5 Å². The maximum atomic E-state index is 12.9. The molecule has 1 saturated heterocycles. The van der Waals surface area contributed by atoms with Gasteiger partial charge in [-0.3, -0.25) is 4.99 Å². The lowest BCUT2D eigenvalue weighted by molar-refractivity contribution is 0.296. The zero-order valence-corrected chi connectivity index (χ0v) is 9.80. The van der Waals surface area contributed by atoms with Crippen molar-refractivity contribution >= 4 is 5.96 Å². The molecular formula is C12H14F3N3. The van der Waals surface area contributed by atoms with Crippen molar-refractivity contribution in [1.82, 2.24) is 4.90 Å². The van der Waals surface area contributed by atoms with Crippen LogP contribution in [0.25, 0.3) is 0 Å². The third kappa shape index (κ3) is 2.75. The molecule has 0 aliphatic carbocycles. The number of benzene rings is 1. The lowest BCUT2D eigenvalue weighted by atomic mass is 10.1. The van der Waals surface area contributed by atoms with Gasteiger partial charge < -0.3 is 10.6 Å². The highest BCUT2D eigenvalue weighted by Gasteiger charge is 2.15. The van der Waals surface area contributed by atoms with Crippen LogP contribution in [-0.4, -0.2) is 30.5 Å². The van der Waals surface area contributed by atoms with Crippen molar-refractivity contribution in [3.63, 3.8) is 0 Å². The number of rotatable bonds is 3. The van der Waals surface area contributed by atoms with Crippen LogP contribution in [0.2, 0.25) is 0 Å². The van der Waals surface area contributed by atoms with Crippen molar-refractivity contribution in [2.75, 3.05) is 19.6 Å². The molecule has 0 radical (unpaired) electrons. The van der Waals surface area contributed by atoms with Crippen molar-refractivity contribution in [1.29, 1.82) is 0 Å². The Kier molecular flexibility index (Phi) is 3.74. The van der Waals surface area contributed by atoms with Crippen LogP contribution in [0, 0.1) is 17.5 Å². The summed E-state index contributed by atoms with van der Waals surface area (Å²) in [6.07, 6.45) is 1.42. The Labute approximate surface area is 103 Å². The number of hydrogen-bond donors (Lipinski definition) is 1. The molecule has 0 saturated carbocycles. The molecule has 1 aliphatic heterocycles. The summed E-state index contributed by atoms with van der Waals surface area (Å²) in [5.74, 6) is -3.35. The predicted octanol–water partition coefficient (Wildman–Crippen LogP) is 1.67. The average Bonchev–Trinajstić information content (AvgIpc) is 2.23. The van der Waals surface area contributed by atoms with Crippen molar-refractivity contribution in [3.8, 4) is 0 Å². The minimum absolute atomic E-state index is 0.322. The minimum Gasteiger partial charge on any atom is -0.370 e. The molecule has 3 nitrogen and oxygen atoms in total. The Morgan fingerprint density at radius 2 is 1.83 bits per heavy atom. The van der Waals surface area contributed by atoms with Crippen LogP contribution in [-0.2, 0) is 6.42 Å². The van der Waals surface area contributed by atoms with Gasteiger partial charge in [-0.05, 0) is 30.5 Å². The molecule has 1 aliphatic rings. The Hall–Kier alpha value is -1.72. The van der Waals surface area contributed by atoms with Crippen molar-refractivity contribution < 1.29 is 13.2 Å². The van der Waals surface area contributed by atoms with E-state index in [4.69, 9.17) is 5.73 Å². The fraction of sp³-hybridized carbons (Fsp3) is 0.417. The van der Waals surface area contributed by atoms with Gasteiger partial charge in [-0.2, -0.15) is 0 Å². The average molecular weight is 257 g/mol. The Balaban J connectivity index is 1.94. The molecule has 98 valence electrons. The van der Waals surface area contributed by atoms with E-state index in [0.717, 1.165) is 31.6 Å². The number of hydrogen-bond acceptors (Lipinski definition) is 1. The number of aliphatic imine (C=N–C) groups is 1. The summed E-state index contributed by atoms with van der Waals surface area (Å²) < 4.78 is 38.6. The molecule has 0 aromatic heterocycles. The first-order chi connectivity index (χ1) is 8.58. The highest BCUT2D eigenvalue weighted by molar-refractivity contribution is 5.78. The van der Waals surface area contributed by atoms with Gasteiger partial charge in [0.2, 0.25) is 0 Å². The molecule has 0 bridgehead atoms. The van der Waals surface area contributed by atoms with Gasteiger partial charge in [-0.15, -0.1) is 0 Å². The summed E-state index contributed by atoms with van der Waals surface area (Å²) in [6, 6.07) is 1.96. The number of nitrogens with zero attached hydrogens (tertiary/aromatic N) is 2. The number of nitrogens with two attached hydrogens (primary N) is 1. The molecule has 0 amide bonds. The number of halogens is 3. The van der Waals surface area contributed by atoms with Crippen LogP contribution in [0.4, 0.5) is 13.2 Å². The lowest BCUT2D eigenvalue weighted by Gasteiger charge is -2.31. The van der Waals surface area contributed by atoms with E-state index in [1.54, 1.807) is 0 Å². The smallest absolute Gasteiger partial charge is 0.194 e. The second-order valence-corrected chi connectivity index (χ2v) is 4.20. The SMILES string of the molecule is NC(=NCCc1cc(F)c(F)c(F)c1)N1CCC1. The summed E-state index contributed by atoms with van der Waals surface area (Å²) in [5, 5.41) is 0. The molecule has 0 unspecified atom stereocenters. The number of guanidine groups is 1. The summed E-state index contributed by atoms with van der Waals surface area (Å²) in [7, 11) is 0. The molecule has 2 N–H and O–H groups in total. The van der Waals surface area contributed by atoms with E-state index < -0.39 is 17.5 Å². The molecule has 1 heterocycles. The summed E-state index contributed by atoms with van der Waals surface area (Å²) >= 11 is 0. The van der Waals surface area contributed by atoms with Gasteiger partial charge in [0.1, 0.15) is 0 Å². The quantitative estimate of drug-likeness (QED) is 0.508. The molecule has 1 aromatic carbocycles. The Morgan fingerprint density at radius 3 is 2.33 bits per heavy atom. The van der Waals surface area contributed by atoms with Gasteiger partial charge in [0.25, 0.3) is 0 Å². The van der Waals surface area contributed by atoms with Crippen LogP contribution in [0.1, 0.15) is 12.0 Å². The molecule has 1 fully saturated rings. The van der Waals surface area contributed by atoms with Gasteiger partial charge >= 0.3 is 0 Å². The standard InChI is InChI=1S/C12H14F3N3/c13-9-6-8(7-10(14)11(9)15)2-3-17-12(16)18-4-1-5-18/h6-7H,1-5H2,(H2,16,17). The first-order valence-corrected chi connectivity index (χ1v) is 5.76. The summed E-state index contributed by atoms with van der Waals surface area (Å²) in [5.41, 5.74) is 6.06. The summed E-state index contributed by atoms with van der Waals surface area (Å²) in [6.45, 7) is 2.12. The highest BCUT2D eigenvalue weighted by atomic mass is 19.2. The monoisotopic (exact) mass is 257 g/mol. The Bertz CT molecular complexity index is 447. The second kappa shape index (κ2) is 5.29. The van der Waals surface area contributed by atoms with Gasteiger partial charge in [0.05, 0.1) is 0 Å². The van der Waals surface area contributed by atoms with E-state index in [2.05, 4.69) is 4.99 Å². The second-order valence-electron chi connectivity index (χ2n) is 4.20. The lowest BCUT2D eigenvalue weighted by Crippen LogP contribution is -2.46. The molecule has 6 heteroatoms. The zero-order chi connectivity index (χ0) is 13.1. The van der Waals surface area contributed by atoms with Gasteiger partial charge in [0.15, 0.2) is 23.4 Å². The first kappa shape index (κ1) is 12.7. The van der Waals surface area contributed by atoms with Gasteiger partial charge in [0, 0.05) is 19.6 Å². The molecule has 2 rings (SSSR count).